The second-order valence-electron chi connectivity index (χ2n) is 1.44. The summed E-state index contributed by atoms with van der Waals surface area (Å²) < 4.78 is 0. The molecule has 0 rings (SSSR count). The SMILES string of the molecule is CCN/C=C(\N)CO. The number of hydrogen-bond acceptors (Lipinski definition) is 3. The first-order valence-electron chi connectivity index (χ1n) is 2.60. The van der Waals surface area contributed by atoms with Crippen LogP contribution in [0.4, 0.5) is 0 Å². The van der Waals surface area contributed by atoms with Crippen LogP contribution in [0, 0.1) is 0 Å². The third-order valence-corrected chi connectivity index (χ3v) is 0.674. The van der Waals surface area contributed by atoms with E-state index in [1.807, 2.05) is 6.92 Å². The smallest absolute Gasteiger partial charge is 0.0840 e. The minimum Gasteiger partial charge on any atom is -0.399 e. The summed E-state index contributed by atoms with van der Waals surface area (Å²) in [7, 11) is 0. The zero-order valence-electron chi connectivity index (χ0n) is 5.02. The summed E-state index contributed by atoms with van der Waals surface area (Å²) in [5.74, 6) is 0. The van der Waals surface area contributed by atoms with Gasteiger partial charge in [0, 0.05) is 18.4 Å². The third-order valence-electron chi connectivity index (χ3n) is 0.674. The van der Waals surface area contributed by atoms with Gasteiger partial charge in [-0.1, -0.05) is 0 Å². The second kappa shape index (κ2) is 4.46. The fourth-order valence-electron chi connectivity index (χ4n) is 0.279. The van der Waals surface area contributed by atoms with Gasteiger partial charge in [-0.05, 0) is 6.92 Å². The molecular formula is C5H12N2O. The molecular weight excluding hydrogens is 104 g/mol. The summed E-state index contributed by atoms with van der Waals surface area (Å²) in [6, 6.07) is 0. The molecule has 0 spiro atoms. The zero-order chi connectivity index (χ0) is 6.41. The number of nitrogens with one attached hydrogen (secondary N) is 1. The first-order chi connectivity index (χ1) is 3.81. The van der Waals surface area contributed by atoms with Crippen LogP contribution in [0.1, 0.15) is 6.92 Å². The van der Waals surface area contributed by atoms with Gasteiger partial charge >= 0.3 is 0 Å². The number of aliphatic hydroxyl groups is 1. The van der Waals surface area contributed by atoms with Crippen molar-refractivity contribution < 1.29 is 5.11 Å². The molecule has 3 nitrogen and oxygen atoms in total. The van der Waals surface area contributed by atoms with Crippen LogP contribution in [0.25, 0.3) is 0 Å². The Morgan fingerprint density at radius 3 is 2.88 bits per heavy atom. The molecule has 0 unspecified atom stereocenters. The highest BCUT2D eigenvalue weighted by molar-refractivity contribution is 4.93. The molecule has 0 saturated heterocycles. The van der Waals surface area contributed by atoms with Gasteiger partial charge in [0.2, 0.25) is 0 Å². The van der Waals surface area contributed by atoms with Gasteiger partial charge in [-0.2, -0.15) is 0 Å². The normalized spacial score (nSPS) is 11.5. The highest BCUT2D eigenvalue weighted by Gasteiger charge is 1.79. The molecule has 0 fully saturated rings. The summed E-state index contributed by atoms with van der Waals surface area (Å²) in [5, 5.41) is 11.2. The van der Waals surface area contributed by atoms with Gasteiger partial charge in [0.05, 0.1) is 6.61 Å². The van der Waals surface area contributed by atoms with E-state index in [4.69, 9.17) is 10.8 Å². The zero-order valence-corrected chi connectivity index (χ0v) is 5.02. The molecule has 0 aliphatic heterocycles. The van der Waals surface area contributed by atoms with Crippen LogP contribution in [0.5, 0.6) is 0 Å². The summed E-state index contributed by atoms with van der Waals surface area (Å²) in [5.41, 5.74) is 5.67. The molecule has 4 N–H and O–H groups in total. The number of nitrogens with two attached hydrogens (primary N) is 1. The van der Waals surface area contributed by atoms with Crippen molar-refractivity contribution in [1.82, 2.24) is 5.32 Å². The molecule has 0 bridgehead atoms. The van der Waals surface area contributed by atoms with Crippen molar-refractivity contribution in [3.05, 3.63) is 11.9 Å². The van der Waals surface area contributed by atoms with Gasteiger partial charge in [-0.25, -0.2) is 0 Å². The van der Waals surface area contributed by atoms with Crippen molar-refractivity contribution >= 4 is 0 Å². The molecule has 0 heterocycles. The molecule has 48 valence electrons. The monoisotopic (exact) mass is 116 g/mol. The number of hydrogen-bond donors (Lipinski definition) is 3. The van der Waals surface area contributed by atoms with Gasteiger partial charge in [0.15, 0.2) is 0 Å². The predicted octanol–water partition coefficient (Wildman–Crippen LogP) is -0.612. The summed E-state index contributed by atoms with van der Waals surface area (Å²) >= 11 is 0. The third kappa shape index (κ3) is 3.49. The first-order valence-corrected chi connectivity index (χ1v) is 2.60. The Balaban J connectivity index is 3.26. The van der Waals surface area contributed by atoms with E-state index in [0.717, 1.165) is 6.54 Å². The second-order valence-corrected chi connectivity index (χ2v) is 1.44. The van der Waals surface area contributed by atoms with E-state index in [9.17, 15) is 0 Å². The van der Waals surface area contributed by atoms with Crippen molar-refractivity contribution in [1.29, 1.82) is 0 Å². The quantitative estimate of drug-likeness (QED) is 0.461. The molecule has 0 radical (unpaired) electrons. The van der Waals surface area contributed by atoms with Gasteiger partial charge in [-0.15, -0.1) is 0 Å². The molecule has 0 aliphatic rings. The average Bonchev–Trinajstić information content (AvgIpc) is 1.83. The Kier molecular flexibility index (Phi) is 4.07. The Bertz CT molecular complexity index is 80.5. The van der Waals surface area contributed by atoms with E-state index in [2.05, 4.69) is 5.32 Å². The highest BCUT2D eigenvalue weighted by atomic mass is 16.3. The molecule has 8 heavy (non-hydrogen) atoms. The standard InChI is InChI=1S/C5H12N2O/c1-2-7-3-5(6)4-8/h3,7-8H,2,4,6H2,1H3/b5-3-. The minimum atomic E-state index is -0.0764. The van der Waals surface area contributed by atoms with E-state index in [-0.39, 0.29) is 6.61 Å². The lowest BCUT2D eigenvalue weighted by Gasteiger charge is -1.94. The summed E-state index contributed by atoms with van der Waals surface area (Å²) in [6.07, 6.45) is 1.60. The van der Waals surface area contributed by atoms with Crippen molar-refractivity contribution in [3.63, 3.8) is 0 Å². The van der Waals surface area contributed by atoms with Crippen molar-refractivity contribution in [2.24, 2.45) is 5.73 Å². The van der Waals surface area contributed by atoms with Crippen LogP contribution in [-0.2, 0) is 0 Å². The molecule has 0 aliphatic carbocycles. The van der Waals surface area contributed by atoms with Crippen LogP contribution in [0.3, 0.4) is 0 Å². The maximum atomic E-state index is 8.33. The van der Waals surface area contributed by atoms with E-state index in [0.29, 0.717) is 5.70 Å². The molecule has 0 atom stereocenters. The van der Waals surface area contributed by atoms with Crippen molar-refractivity contribution in [3.8, 4) is 0 Å². The van der Waals surface area contributed by atoms with Crippen LogP contribution >= 0.6 is 0 Å². The average molecular weight is 116 g/mol. The topological polar surface area (TPSA) is 58.3 Å². The van der Waals surface area contributed by atoms with E-state index >= 15 is 0 Å². The molecule has 3 heteroatoms. The first kappa shape index (κ1) is 7.30. The van der Waals surface area contributed by atoms with Crippen LogP contribution in [0.15, 0.2) is 11.9 Å². The van der Waals surface area contributed by atoms with Gasteiger partial charge in [-0.3, -0.25) is 0 Å². The van der Waals surface area contributed by atoms with Crippen molar-refractivity contribution in [2.75, 3.05) is 13.2 Å². The minimum absolute atomic E-state index is 0.0764. The maximum Gasteiger partial charge on any atom is 0.0840 e. The van der Waals surface area contributed by atoms with E-state index in [1.54, 1.807) is 6.20 Å². The van der Waals surface area contributed by atoms with Gasteiger partial charge in [0.1, 0.15) is 0 Å². The highest BCUT2D eigenvalue weighted by Crippen LogP contribution is 1.73. The maximum absolute atomic E-state index is 8.33. The number of rotatable bonds is 3. The fraction of sp³-hybridized carbons (Fsp3) is 0.600. The summed E-state index contributed by atoms with van der Waals surface area (Å²) in [6.45, 7) is 2.72. The Hall–Kier alpha value is -0.700. The van der Waals surface area contributed by atoms with Gasteiger partial charge in [0.25, 0.3) is 0 Å². The van der Waals surface area contributed by atoms with Crippen LogP contribution < -0.4 is 11.1 Å². The lowest BCUT2D eigenvalue weighted by Crippen LogP contribution is -2.10. The number of aliphatic hydroxyl groups excluding tert-OH is 1. The van der Waals surface area contributed by atoms with E-state index < -0.39 is 0 Å². The Labute approximate surface area is 49.2 Å². The van der Waals surface area contributed by atoms with Crippen molar-refractivity contribution in [2.45, 2.75) is 6.92 Å². The predicted molar refractivity (Wildman–Crippen MR) is 33.0 cm³/mol. The lowest BCUT2D eigenvalue weighted by atomic mass is 10.5. The van der Waals surface area contributed by atoms with Gasteiger partial charge < -0.3 is 16.2 Å². The molecule has 0 aromatic rings. The molecule has 0 aromatic carbocycles. The molecule has 0 aromatic heterocycles. The van der Waals surface area contributed by atoms with E-state index in [1.165, 1.54) is 0 Å². The van der Waals surface area contributed by atoms with Crippen LogP contribution in [-0.4, -0.2) is 18.3 Å². The Morgan fingerprint density at radius 1 is 1.88 bits per heavy atom. The summed E-state index contributed by atoms with van der Waals surface area (Å²) in [4.78, 5) is 0. The fourth-order valence-corrected chi connectivity index (χ4v) is 0.279. The molecule has 0 saturated carbocycles. The Morgan fingerprint density at radius 2 is 2.50 bits per heavy atom. The van der Waals surface area contributed by atoms with Crippen LogP contribution in [0.2, 0.25) is 0 Å². The lowest BCUT2D eigenvalue weighted by molar-refractivity contribution is 0.329. The largest absolute Gasteiger partial charge is 0.399 e. The molecule has 0 amide bonds.